The summed E-state index contributed by atoms with van der Waals surface area (Å²) in [6.07, 6.45) is 0. The van der Waals surface area contributed by atoms with Gasteiger partial charge in [-0.25, -0.2) is 8.42 Å². The van der Waals surface area contributed by atoms with Crippen molar-refractivity contribution in [3.8, 4) is 11.8 Å². The average molecular weight is 436 g/mol. The van der Waals surface area contributed by atoms with Crippen molar-refractivity contribution in [2.45, 2.75) is 11.4 Å². The van der Waals surface area contributed by atoms with Crippen LogP contribution in [0.5, 0.6) is 5.75 Å². The van der Waals surface area contributed by atoms with Crippen LogP contribution >= 0.6 is 0 Å². The lowest BCUT2D eigenvalue weighted by molar-refractivity contribution is -0.118. The van der Waals surface area contributed by atoms with Crippen molar-refractivity contribution in [3.05, 3.63) is 90.0 Å². The van der Waals surface area contributed by atoms with Crippen molar-refractivity contribution < 1.29 is 17.9 Å². The van der Waals surface area contributed by atoms with E-state index in [9.17, 15) is 13.2 Å². The summed E-state index contributed by atoms with van der Waals surface area (Å²) < 4.78 is 32.2. The Balaban J connectivity index is 1.58. The molecule has 0 unspecified atom stereocenters. The summed E-state index contributed by atoms with van der Waals surface area (Å²) in [5, 5.41) is 11.5. The Kier molecular flexibility index (Phi) is 7.03. The fourth-order valence-corrected chi connectivity index (χ4v) is 3.98. The molecule has 0 atom stereocenters. The summed E-state index contributed by atoms with van der Waals surface area (Å²) in [4.78, 5) is 12.2. The van der Waals surface area contributed by atoms with E-state index in [0.717, 1.165) is 5.56 Å². The molecule has 7 nitrogen and oxygen atoms in total. The number of nitrogens with one attached hydrogen (secondary N) is 1. The van der Waals surface area contributed by atoms with Gasteiger partial charge in [0.05, 0.1) is 16.5 Å². The molecule has 1 amide bonds. The largest absolute Gasteiger partial charge is 0.484 e. The third-order valence-corrected chi connectivity index (χ3v) is 6.24. The van der Waals surface area contributed by atoms with Crippen LogP contribution in [0.25, 0.3) is 0 Å². The first-order valence-corrected chi connectivity index (χ1v) is 10.9. The van der Waals surface area contributed by atoms with Crippen LogP contribution in [0.1, 0.15) is 11.1 Å². The highest BCUT2D eigenvalue weighted by molar-refractivity contribution is 7.89. The first-order valence-electron chi connectivity index (χ1n) is 9.41. The first kappa shape index (κ1) is 22.0. The second kappa shape index (κ2) is 9.89. The number of benzene rings is 3. The summed E-state index contributed by atoms with van der Waals surface area (Å²) in [5.41, 5.74) is 1.82. The molecule has 3 aromatic carbocycles. The van der Waals surface area contributed by atoms with Gasteiger partial charge in [-0.2, -0.15) is 9.57 Å². The minimum atomic E-state index is -3.66. The molecule has 3 aromatic rings. The predicted octanol–water partition coefficient (Wildman–Crippen LogP) is 3.40. The number of nitrogens with zero attached hydrogens (tertiary/aromatic N) is 2. The highest BCUT2D eigenvalue weighted by Gasteiger charge is 2.21. The summed E-state index contributed by atoms with van der Waals surface area (Å²) >= 11 is 0. The van der Waals surface area contributed by atoms with Crippen LogP contribution in [0, 0.1) is 11.3 Å². The van der Waals surface area contributed by atoms with Gasteiger partial charge in [-0.15, -0.1) is 0 Å². The van der Waals surface area contributed by atoms with E-state index in [1.54, 1.807) is 24.3 Å². The zero-order valence-electron chi connectivity index (χ0n) is 16.9. The number of hydrogen-bond acceptors (Lipinski definition) is 5. The maximum absolute atomic E-state index is 12.8. The molecule has 0 saturated carbocycles. The Bertz CT molecular complexity index is 1190. The third kappa shape index (κ3) is 5.92. The van der Waals surface area contributed by atoms with E-state index in [1.165, 1.54) is 35.6 Å². The molecule has 0 spiro atoms. The maximum atomic E-state index is 12.8. The van der Waals surface area contributed by atoms with Crippen molar-refractivity contribution >= 4 is 21.6 Å². The van der Waals surface area contributed by atoms with E-state index in [0.29, 0.717) is 17.0 Å². The minimum Gasteiger partial charge on any atom is -0.484 e. The van der Waals surface area contributed by atoms with Crippen LogP contribution in [0.2, 0.25) is 0 Å². The second-order valence-electron chi connectivity index (χ2n) is 6.75. The molecule has 0 fully saturated rings. The number of hydrogen-bond donors (Lipinski definition) is 1. The number of sulfonamides is 1. The molecule has 8 heteroatoms. The van der Waals surface area contributed by atoms with Gasteiger partial charge in [0.2, 0.25) is 10.0 Å². The minimum absolute atomic E-state index is 0.135. The van der Waals surface area contributed by atoms with Crippen LogP contribution in [-0.2, 0) is 21.4 Å². The van der Waals surface area contributed by atoms with Gasteiger partial charge in [0.1, 0.15) is 5.75 Å². The number of carbonyl (C=O) groups is 1. The SMILES string of the molecule is CN(Cc1ccccc1)S(=O)(=O)c1ccc(OCC(=O)Nc2cccc(C#N)c2)cc1. The van der Waals surface area contributed by atoms with Crippen molar-refractivity contribution in [3.63, 3.8) is 0 Å². The van der Waals surface area contributed by atoms with Gasteiger partial charge in [-0.3, -0.25) is 4.79 Å². The Labute approximate surface area is 181 Å². The lowest BCUT2D eigenvalue weighted by atomic mass is 10.2. The predicted molar refractivity (Wildman–Crippen MR) is 117 cm³/mol. The molecule has 0 radical (unpaired) electrons. The van der Waals surface area contributed by atoms with E-state index in [2.05, 4.69) is 5.32 Å². The molecule has 1 N–H and O–H groups in total. The fourth-order valence-electron chi connectivity index (χ4n) is 2.83. The highest BCUT2D eigenvalue weighted by Crippen LogP contribution is 2.20. The number of nitriles is 1. The summed E-state index contributed by atoms with van der Waals surface area (Å²) in [6.45, 7) is 0.00534. The Hall–Kier alpha value is -3.67. The summed E-state index contributed by atoms with van der Waals surface area (Å²) in [6, 6.07) is 23.8. The fraction of sp³-hybridized carbons (Fsp3) is 0.130. The molecule has 0 aliphatic heterocycles. The maximum Gasteiger partial charge on any atom is 0.262 e. The van der Waals surface area contributed by atoms with Gasteiger partial charge >= 0.3 is 0 Å². The zero-order valence-corrected chi connectivity index (χ0v) is 17.7. The van der Waals surface area contributed by atoms with Crippen LogP contribution < -0.4 is 10.1 Å². The molecule has 0 bridgehead atoms. The van der Waals surface area contributed by atoms with Crippen molar-refractivity contribution in [1.82, 2.24) is 4.31 Å². The number of amides is 1. The van der Waals surface area contributed by atoms with Crippen LogP contribution in [0.3, 0.4) is 0 Å². The Morgan fingerprint density at radius 3 is 2.42 bits per heavy atom. The monoisotopic (exact) mass is 435 g/mol. The lowest BCUT2D eigenvalue weighted by Crippen LogP contribution is -2.26. The highest BCUT2D eigenvalue weighted by atomic mass is 32.2. The molecule has 0 aliphatic carbocycles. The topological polar surface area (TPSA) is 99.5 Å². The van der Waals surface area contributed by atoms with Crippen LogP contribution in [0.4, 0.5) is 5.69 Å². The molecule has 0 aliphatic rings. The third-order valence-electron chi connectivity index (χ3n) is 4.43. The quantitative estimate of drug-likeness (QED) is 0.585. The molecule has 0 heterocycles. The Morgan fingerprint density at radius 2 is 1.74 bits per heavy atom. The van der Waals surface area contributed by atoms with Gasteiger partial charge < -0.3 is 10.1 Å². The number of rotatable bonds is 8. The van der Waals surface area contributed by atoms with Gasteiger partial charge in [-0.05, 0) is 48.0 Å². The van der Waals surface area contributed by atoms with Crippen molar-refractivity contribution in [2.75, 3.05) is 19.0 Å². The van der Waals surface area contributed by atoms with E-state index in [-0.39, 0.29) is 18.0 Å². The first-order chi connectivity index (χ1) is 14.9. The van der Waals surface area contributed by atoms with E-state index < -0.39 is 15.9 Å². The van der Waals surface area contributed by atoms with Crippen molar-refractivity contribution in [1.29, 1.82) is 5.26 Å². The standard InChI is InChI=1S/C23H21N3O4S/c1-26(16-18-6-3-2-4-7-18)31(28,29)22-12-10-21(11-13-22)30-17-23(27)25-20-9-5-8-19(14-20)15-24/h2-14H,16-17H2,1H3,(H,25,27). The van der Waals surface area contributed by atoms with Gasteiger partial charge in [0.25, 0.3) is 5.91 Å². The normalized spacial score (nSPS) is 11.0. The second-order valence-corrected chi connectivity index (χ2v) is 8.79. The molecule has 0 aromatic heterocycles. The van der Waals surface area contributed by atoms with Crippen molar-refractivity contribution in [2.24, 2.45) is 0 Å². The summed E-state index contributed by atoms with van der Waals surface area (Å²) in [5.74, 6) is -0.0278. The number of carbonyl (C=O) groups excluding carboxylic acids is 1. The molecule has 31 heavy (non-hydrogen) atoms. The van der Waals surface area contributed by atoms with E-state index in [4.69, 9.17) is 10.00 Å². The molecular formula is C23H21N3O4S. The number of ether oxygens (including phenoxy) is 1. The van der Waals surface area contributed by atoms with Gasteiger partial charge in [0, 0.05) is 19.3 Å². The van der Waals surface area contributed by atoms with E-state index in [1.807, 2.05) is 36.4 Å². The lowest BCUT2D eigenvalue weighted by Gasteiger charge is -2.17. The number of anilines is 1. The molecular weight excluding hydrogens is 414 g/mol. The zero-order chi connectivity index (χ0) is 22.3. The Morgan fingerprint density at radius 1 is 1.03 bits per heavy atom. The average Bonchev–Trinajstić information content (AvgIpc) is 2.78. The molecule has 3 rings (SSSR count). The molecule has 0 saturated heterocycles. The van der Waals surface area contributed by atoms with Crippen LogP contribution in [-0.4, -0.2) is 32.3 Å². The van der Waals surface area contributed by atoms with Gasteiger partial charge in [-0.1, -0.05) is 36.4 Å². The molecule has 158 valence electrons. The van der Waals surface area contributed by atoms with E-state index >= 15 is 0 Å². The van der Waals surface area contributed by atoms with Crippen LogP contribution in [0.15, 0.2) is 83.8 Å². The summed E-state index contributed by atoms with van der Waals surface area (Å²) in [7, 11) is -2.13. The van der Waals surface area contributed by atoms with Gasteiger partial charge in [0.15, 0.2) is 6.61 Å². The smallest absolute Gasteiger partial charge is 0.262 e.